The molecule has 0 fully saturated rings. The standard InChI is InChI=1S/C21H45ClSi/c1-4-6-7-8-9-10-11-12-13-14-15-16-17-18-19-20-21-23(3,22)5-2/h4-21H2,1-3H3. The largest absolute Gasteiger partial charge is 0.167 e. The van der Waals surface area contributed by atoms with Crippen LogP contribution in [-0.2, 0) is 0 Å². The predicted octanol–water partition coefficient (Wildman–Crippen LogP) is 9.08. The Morgan fingerprint density at radius 1 is 0.522 bits per heavy atom. The average molecular weight is 361 g/mol. The first-order valence-electron chi connectivity index (χ1n) is 10.8. The van der Waals surface area contributed by atoms with Crippen molar-refractivity contribution in [1.29, 1.82) is 0 Å². The molecule has 0 spiro atoms. The summed E-state index contributed by atoms with van der Waals surface area (Å²) in [5.41, 5.74) is 0. The molecule has 0 aliphatic heterocycles. The van der Waals surface area contributed by atoms with Crippen molar-refractivity contribution in [3.8, 4) is 0 Å². The van der Waals surface area contributed by atoms with Gasteiger partial charge in [-0.2, -0.15) is 11.1 Å². The van der Waals surface area contributed by atoms with Crippen LogP contribution in [-0.4, -0.2) is 7.38 Å². The second-order valence-corrected chi connectivity index (χ2v) is 14.6. The van der Waals surface area contributed by atoms with Crippen molar-refractivity contribution in [1.82, 2.24) is 0 Å². The molecule has 0 aromatic rings. The van der Waals surface area contributed by atoms with Crippen LogP contribution in [0.5, 0.6) is 0 Å². The zero-order valence-electron chi connectivity index (χ0n) is 16.6. The Hall–Kier alpha value is 0.507. The predicted molar refractivity (Wildman–Crippen MR) is 112 cm³/mol. The number of rotatable bonds is 18. The minimum Gasteiger partial charge on any atom is -0.167 e. The molecule has 0 aliphatic carbocycles. The van der Waals surface area contributed by atoms with Crippen molar-refractivity contribution in [3.05, 3.63) is 0 Å². The summed E-state index contributed by atoms with van der Waals surface area (Å²) in [7, 11) is -1.31. The molecule has 0 aromatic heterocycles. The van der Waals surface area contributed by atoms with E-state index < -0.39 is 7.38 Å². The quantitative estimate of drug-likeness (QED) is 0.130. The van der Waals surface area contributed by atoms with Crippen LogP contribution < -0.4 is 0 Å². The maximum absolute atomic E-state index is 6.52. The van der Waals surface area contributed by atoms with E-state index in [-0.39, 0.29) is 0 Å². The van der Waals surface area contributed by atoms with Crippen molar-refractivity contribution < 1.29 is 0 Å². The second kappa shape index (κ2) is 17.3. The van der Waals surface area contributed by atoms with Gasteiger partial charge in [-0.25, -0.2) is 0 Å². The monoisotopic (exact) mass is 360 g/mol. The highest BCUT2D eigenvalue weighted by Gasteiger charge is 2.20. The van der Waals surface area contributed by atoms with Gasteiger partial charge in [-0.1, -0.05) is 123 Å². The molecule has 0 saturated heterocycles. The Morgan fingerprint density at radius 2 is 0.826 bits per heavy atom. The van der Waals surface area contributed by atoms with Gasteiger partial charge in [0, 0.05) is 0 Å². The van der Waals surface area contributed by atoms with Crippen LogP contribution in [0.1, 0.15) is 117 Å². The van der Waals surface area contributed by atoms with Gasteiger partial charge < -0.3 is 0 Å². The van der Waals surface area contributed by atoms with Gasteiger partial charge in [0.05, 0.1) is 0 Å². The second-order valence-electron chi connectivity index (χ2n) is 7.82. The van der Waals surface area contributed by atoms with Gasteiger partial charge in [0.2, 0.25) is 0 Å². The SMILES string of the molecule is CCCCCCCCCCCCCCCCCC[Si](C)(Cl)CC. The molecule has 0 radical (unpaired) electrons. The summed E-state index contributed by atoms with van der Waals surface area (Å²) in [4.78, 5) is 0. The molecule has 23 heavy (non-hydrogen) atoms. The van der Waals surface area contributed by atoms with E-state index in [1.165, 1.54) is 115 Å². The molecule has 0 aliphatic rings. The van der Waals surface area contributed by atoms with Crippen LogP contribution in [0, 0.1) is 0 Å². The lowest BCUT2D eigenvalue weighted by Gasteiger charge is -2.16. The van der Waals surface area contributed by atoms with Gasteiger partial charge in [0.25, 0.3) is 0 Å². The molecule has 0 bridgehead atoms. The van der Waals surface area contributed by atoms with Crippen molar-refractivity contribution in [3.63, 3.8) is 0 Å². The summed E-state index contributed by atoms with van der Waals surface area (Å²) in [5, 5.41) is 0. The molecule has 140 valence electrons. The van der Waals surface area contributed by atoms with Gasteiger partial charge in [0.1, 0.15) is 0 Å². The summed E-state index contributed by atoms with van der Waals surface area (Å²) in [6.07, 6.45) is 23.2. The van der Waals surface area contributed by atoms with Crippen molar-refractivity contribution >= 4 is 18.5 Å². The Morgan fingerprint density at radius 3 is 1.13 bits per heavy atom. The Kier molecular flexibility index (Phi) is 17.7. The summed E-state index contributed by atoms with van der Waals surface area (Å²) >= 11 is 6.52. The van der Waals surface area contributed by atoms with Crippen LogP contribution in [0.2, 0.25) is 18.6 Å². The van der Waals surface area contributed by atoms with E-state index in [1.807, 2.05) is 0 Å². The van der Waals surface area contributed by atoms with Crippen molar-refractivity contribution in [2.24, 2.45) is 0 Å². The Labute approximate surface area is 153 Å². The van der Waals surface area contributed by atoms with Gasteiger partial charge in [0.15, 0.2) is 7.38 Å². The first-order chi connectivity index (χ1) is 11.1. The highest BCUT2D eigenvalue weighted by molar-refractivity contribution is 7.19. The lowest BCUT2D eigenvalue weighted by molar-refractivity contribution is 0.531. The molecule has 0 N–H and O–H groups in total. The zero-order valence-corrected chi connectivity index (χ0v) is 18.4. The molecule has 0 nitrogen and oxygen atoms in total. The fraction of sp³-hybridized carbons (Fsp3) is 1.00. The summed E-state index contributed by atoms with van der Waals surface area (Å²) in [5.74, 6) is 0. The minimum absolute atomic E-state index is 1.23. The lowest BCUT2D eigenvalue weighted by Crippen LogP contribution is -2.19. The van der Waals surface area contributed by atoms with Gasteiger partial charge in [-0.3, -0.25) is 0 Å². The summed E-state index contributed by atoms with van der Waals surface area (Å²) in [6, 6.07) is 2.55. The third-order valence-corrected chi connectivity index (χ3v) is 9.53. The van der Waals surface area contributed by atoms with Gasteiger partial charge in [-0.15, -0.1) is 0 Å². The van der Waals surface area contributed by atoms with E-state index in [1.54, 1.807) is 0 Å². The fourth-order valence-electron chi connectivity index (χ4n) is 3.22. The molecule has 0 amide bonds. The minimum atomic E-state index is -1.31. The first-order valence-corrected chi connectivity index (χ1v) is 14.7. The molecular formula is C21H45ClSi. The number of hydrogen-bond donors (Lipinski definition) is 0. The van der Waals surface area contributed by atoms with Crippen molar-refractivity contribution in [2.75, 3.05) is 0 Å². The maximum Gasteiger partial charge on any atom is 0.153 e. The Bertz CT molecular complexity index is 228. The topological polar surface area (TPSA) is 0 Å². The fourth-order valence-corrected chi connectivity index (χ4v) is 4.96. The molecule has 1 atom stereocenters. The smallest absolute Gasteiger partial charge is 0.153 e. The van der Waals surface area contributed by atoms with E-state index in [0.717, 1.165) is 0 Å². The normalized spacial score (nSPS) is 14.1. The molecule has 0 aromatic carbocycles. The molecule has 1 unspecified atom stereocenters. The number of hydrogen-bond acceptors (Lipinski definition) is 0. The van der Waals surface area contributed by atoms with E-state index in [2.05, 4.69) is 20.4 Å². The molecule has 2 heteroatoms. The number of halogens is 1. The van der Waals surface area contributed by atoms with Crippen LogP contribution in [0.25, 0.3) is 0 Å². The lowest BCUT2D eigenvalue weighted by atomic mass is 10.0. The average Bonchev–Trinajstić information content (AvgIpc) is 2.54. The molecule has 0 rings (SSSR count). The van der Waals surface area contributed by atoms with E-state index in [9.17, 15) is 0 Å². The molecule has 0 saturated carbocycles. The van der Waals surface area contributed by atoms with Gasteiger partial charge >= 0.3 is 0 Å². The van der Waals surface area contributed by atoms with Crippen LogP contribution in [0.4, 0.5) is 0 Å². The highest BCUT2D eigenvalue weighted by atomic mass is 35.6. The van der Waals surface area contributed by atoms with E-state index in [0.29, 0.717) is 0 Å². The third kappa shape index (κ3) is 18.7. The van der Waals surface area contributed by atoms with Crippen LogP contribution in [0.15, 0.2) is 0 Å². The zero-order chi connectivity index (χ0) is 17.2. The molecular weight excluding hydrogens is 316 g/mol. The maximum atomic E-state index is 6.52. The van der Waals surface area contributed by atoms with Crippen molar-refractivity contribution in [2.45, 2.75) is 135 Å². The third-order valence-electron chi connectivity index (χ3n) is 5.29. The summed E-state index contributed by atoms with van der Waals surface area (Å²) in [6.45, 7) is 6.87. The van der Waals surface area contributed by atoms with Crippen LogP contribution in [0.3, 0.4) is 0 Å². The van der Waals surface area contributed by atoms with Gasteiger partial charge in [-0.05, 0) is 12.1 Å². The molecule has 0 heterocycles. The van der Waals surface area contributed by atoms with E-state index in [4.69, 9.17) is 11.1 Å². The van der Waals surface area contributed by atoms with Crippen LogP contribution >= 0.6 is 11.1 Å². The number of unbranched alkanes of at least 4 members (excludes halogenated alkanes) is 15. The van der Waals surface area contributed by atoms with E-state index >= 15 is 0 Å². The Balaban J connectivity index is 3.05. The highest BCUT2D eigenvalue weighted by Crippen LogP contribution is 2.23. The summed E-state index contributed by atoms with van der Waals surface area (Å²) < 4.78 is 0. The first kappa shape index (κ1) is 23.5.